The van der Waals surface area contributed by atoms with Crippen LogP contribution in [0.3, 0.4) is 0 Å². The number of nitrogens with one attached hydrogen (secondary N) is 1. The summed E-state index contributed by atoms with van der Waals surface area (Å²) in [6.45, 7) is 7.06. The van der Waals surface area contributed by atoms with E-state index in [-0.39, 0.29) is 5.41 Å². The van der Waals surface area contributed by atoms with E-state index in [1.807, 2.05) is 12.1 Å². The van der Waals surface area contributed by atoms with Crippen LogP contribution in [0.1, 0.15) is 19.4 Å². The molecule has 0 saturated heterocycles. The molecule has 0 aliphatic carbocycles. The lowest BCUT2D eigenvalue weighted by Crippen LogP contribution is -2.33. The van der Waals surface area contributed by atoms with Gasteiger partial charge in [0.05, 0.1) is 6.61 Å². The molecule has 0 amide bonds. The van der Waals surface area contributed by atoms with Crippen molar-refractivity contribution in [1.82, 2.24) is 5.32 Å². The van der Waals surface area contributed by atoms with Gasteiger partial charge in [-0.2, -0.15) is 0 Å². The van der Waals surface area contributed by atoms with Crippen LogP contribution < -0.4 is 5.32 Å². The van der Waals surface area contributed by atoms with Crippen LogP contribution in [0.15, 0.2) is 22.7 Å². The van der Waals surface area contributed by atoms with Crippen LogP contribution in [0.25, 0.3) is 0 Å². The first-order valence-corrected chi connectivity index (χ1v) is 7.25. The van der Waals surface area contributed by atoms with E-state index in [4.69, 9.17) is 16.3 Å². The maximum atomic E-state index is 6.25. The van der Waals surface area contributed by atoms with Crippen LogP contribution in [-0.2, 0) is 11.2 Å². The van der Waals surface area contributed by atoms with Crippen LogP contribution >= 0.6 is 27.5 Å². The van der Waals surface area contributed by atoms with Crippen molar-refractivity contribution >= 4 is 27.5 Å². The zero-order valence-electron chi connectivity index (χ0n) is 11.2. The van der Waals surface area contributed by atoms with Crippen LogP contribution in [0.5, 0.6) is 0 Å². The molecule has 102 valence electrons. The van der Waals surface area contributed by atoms with Gasteiger partial charge in [-0.25, -0.2) is 0 Å². The fraction of sp³-hybridized carbons (Fsp3) is 0.571. The highest BCUT2D eigenvalue weighted by atomic mass is 79.9. The molecule has 0 fully saturated rings. The van der Waals surface area contributed by atoms with E-state index in [1.54, 1.807) is 7.11 Å². The second-order valence-corrected chi connectivity index (χ2v) is 6.57. The number of hydrogen-bond acceptors (Lipinski definition) is 2. The highest BCUT2D eigenvalue weighted by Gasteiger charge is 2.19. The number of ether oxygens (including phenoxy) is 1. The quantitative estimate of drug-likeness (QED) is 0.763. The van der Waals surface area contributed by atoms with Crippen molar-refractivity contribution in [2.24, 2.45) is 5.41 Å². The summed E-state index contributed by atoms with van der Waals surface area (Å²) in [5.74, 6) is 0. The van der Waals surface area contributed by atoms with Gasteiger partial charge in [-0.15, -0.1) is 0 Å². The Balaban J connectivity index is 2.53. The third kappa shape index (κ3) is 5.70. The zero-order valence-corrected chi connectivity index (χ0v) is 13.6. The lowest BCUT2D eigenvalue weighted by atomic mass is 9.85. The lowest BCUT2D eigenvalue weighted by molar-refractivity contribution is 0.194. The highest BCUT2D eigenvalue weighted by Crippen LogP contribution is 2.28. The number of hydrogen-bond donors (Lipinski definition) is 1. The van der Waals surface area contributed by atoms with E-state index in [0.29, 0.717) is 0 Å². The van der Waals surface area contributed by atoms with E-state index in [0.717, 1.165) is 35.6 Å². The van der Waals surface area contributed by atoms with E-state index < -0.39 is 0 Å². The van der Waals surface area contributed by atoms with Crippen molar-refractivity contribution in [3.8, 4) is 0 Å². The average Bonchev–Trinajstić information content (AvgIpc) is 2.28. The smallest absolute Gasteiger partial charge is 0.0587 e. The monoisotopic (exact) mass is 333 g/mol. The Bertz CT molecular complexity index is 382. The Morgan fingerprint density at radius 2 is 2.11 bits per heavy atom. The predicted octanol–water partition coefficient (Wildman–Crippen LogP) is 3.91. The number of halogens is 2. The van der Waals surface area contributed by atoms with Crippen molar-refractivity contribution in [2.75, 3.05) is 26.8 Å². The maximum absolute atomic E-state index is 6.25. The van der Waals surface area contributed by atoms with Gasteiger partial charge >= 0.3 is 0 Å². The summed E-state index contributed by atoms with van der Waals surface area (Å²) < 4.78 is 6.04. The third-order valence-electron chi connectivity index (χ3n) is 2.77. The van der Waals surface area contributed by atoms with Crippen molar-refractivity contribution in [3.63, 3.8) is 0 Å². The molecule has 0 aromatic heterocycles. The van der Waals surface area contributed by atoms with E-state index in [9.17, 15) is 0 Å². The minimum Gasteiger partial charge on any atom is -0.383 e. The minimum atomic E-state index is 0.172. The van der Waals surface area contributed by atoms with E-state index in [2.05, 4.69) is 41.2 Å². The summed E-state index contributed by atoms with van der Waals surface area (Å²) in [5.41, 5.74) is 1.36. The van der Waals surface area contributed by atoms with Crippen molar-refractivity contribution < 1.29 is 4.74 Å². The molecule has 1 aromatic rings. The van der Waals surface area contributed by atoms with E-state index in [1.165, 1.54) is 5.56 Å². The molecular formula is C14H21BrClNO. The lowest BCUT2D eigenvalue weighted by Gasteiger charge is -2.25. The minimum absolute atomic E-state index is 0.172. The zero-order chi connectivity index (χ0) is 13.6. The van der Waals surface area contributed by atoms with Gasteiger partial charge in [0.15, 0.2) is 0 Å². The number of benzene rings is 1. The predicted molar refractivity (Wildman–Crippen MR) is 81.4 cm³/mol. The molecule has 0 atom stereocenters. The first-order chi connectivity index (χ1) is 8.44. The summed E-state index contributed by atoms with van der Waals surface area (Å²) in [7, 11) is 1.72. The normalized spacial score (nSPS) is 11.8. The Morgan fingerprint density at radius 1 is 1.39 bits per heavy atom. The molecule has 0 bridgehead atoms. The van der Waals surface area contributed by atoms with Gasteiger partial charge in [0.2, 0.25) is 0 Å². The van der Waals surface area contributed by atoms with Gasteiger partial charge < -0.3 is 10.1 Å². The summed E-state index contributed by atoms with van der Waals surface area (Å²) in [6.07, 6.45) is 0.957. The van der Waals surface area contributed by atoms with E-state index >= 15 is 0 Å². The van der Waals surface area contributed by atoms with Crippen LogP contribution in [0, 0.1) is 5.41 Å². The molecule has 1 aromatic carbocycles. The molecular weight excluding hydrogens is 314 g/mol. The topological polar surface area (TPSA) is 21.3 Å². The summed E-state index contributed by atoms with van der Waals surface area (Å²) >= 11 is 9.67. The third-order valence-corrected chi connectivity index (χ3v) is 3.62. The molecule has 0 spiro atoms. The molecule has 18 heavy (non-hydrogen) atoms. The van der Waals surface area contributed by atoms with Crippen LogP contribution in [0.4, 0.5) is 0 Å². The Hall–Kier alpha value is -0.0900. The molecule has 0 aliphatic rings. The molecule has 1 rings (SSSR count). The molecule has 0 saturated carbocycles. The fourth-order valence-corrected chi connectivity index (χ4v) is 2.58. The molecule has 4 heteroatoms. The summed E-state index contributed by atoms with van der Waals surface area (Å²) in [6, 6.07) is 6.07. The molecule has 0 unspecified atom stereocenters. The number of rotatable bonds is 7. The van der Waals surface area contributed by atoms with Crippen LogP contribution in [-0.4, -0.2) is 26.8 Å². The van der Waals surface area contributed by atoms with Gasteiger partial charge in [0.1, 0.15) is 0 Å². The first kappa shape index (κ1) is 16.0. The molecule has 0 heterocycles. The summed E-state index contributed by atoms with van der Waals surface area (Å²) in [5, 5.41) is 4.23. The van der Waals surface area contributed by atoms with Crippen molar-refractivity contribution in [3.05, 3.63) is 33.3 Å². The summed E-state index contributed by atoms with van der Waals surface area (Å²) in [4.78, 5) is 0. The van der Waals surface area contributed by atoms with Gasteiger partial charge in [0.25, 0.3) is 0 Å². The van der Waals surface area contributed by atoms with Gasteiger partial charge in [-0.3, -0.25) is 0 Å². The van der Waals surface area contributed by atoms with Gasteiger partial charge in [-0.05, 0) is 29.5 Å². The Kier molecular flexibility index (Phi) is 6.64. The van der Waals surface area contributed by atoms with Gasteiger partial charge in [0, 0.05) is 29.7 Å². The standard InChI is InChI=1S/C14H21BrClNO/c1-14(2,10-17-6-7-18-3)9-11-4-5-12(15)8-13(11)16/h4-5,8,17H,6-7,9-10H2,1-3H3. The highest BCUT2D eigenvalue weighted by molar-refractivity contribution is 9.10. The number of methoxy groups -OCH3 is 1. The molecule has 0 aliphatic heterocycles. The Morgan fingerprint density at radius 3 is 2.72 bits per heavy atom. The maximum Gasteiger partial charge on any atom is 0.0587 e. The second-order valence-electron chi connectivity index (χ2n) is 5.25. The fourth-order valence-electron chi connectivity index (χ4n) is 1.84. The average molecular weight is 335 g/mol. The van der Waals surface area contributed by atoms with Crippen molar-refractivity contribution in [1.29, 1.82) is 0 Å². The van der Waals surface area contributed by atoms with Crippen LogP contribution in [0.2, 0.25) is 5.02 Å². The van der Waals surface area contributed by atoms with Gasteiger partial charge in [-0.1, -0.05) is 47.4 Å². The first-order valence-electron chi connectivity index (χ1n) is 6.08. The molecule has 2 nitrogen and oxygen atoms in total. The Labute approximate surface area is 123 Å². The second kappa shape index (κ2) is 7.49. The SMILES string of the molecule is COCCNCC(C)(C)Cc1ccc(Br)cc1Cl. The molecule has 1 N–H and O–H groups in total. The van der Waals surface area contributed by atoms with Crippen molar-refractivity contribution in [2.45, 2.75) is 20.3 Å². The largest absolute Gasteiger partial charge is 0.383 e. The molecule has 0 radical (unpaired) electrons.